The number of carbonyl (C=O) groups is 1. The highest BCUT2D eigenvalue weighted by atomic mass is 35.5. The van der Waals surface area contributed by atoms with Gasteiger partial charge >= 0.3 is 0 Å². The number of benzene rings is 1. The van der Waals surface area contributed by atoms with Crippen LogP contribution < -0.4 is 11.5 Å². The van der Waals surface area contributed by atoms with Gasteiger partial charge in [-0.1, -0.05) is 17.7 Å². The monoisotopic (exact) mass is 290 g/mol. The lowest BCUT2D eigenvalue weighted by atomic mass is 10.1. The first-order valence-corrected chi connectivity index (χ1v) is 7.37. The first-order chi connectivity index (χ1) is 8.27. The standard InChI is InChI=1S/C11H15ClN2O3S/c1-7(5-13)18(16,17)6-9-3-2-8(11(14)15)4-10(9)12/h2-4,7H,5-6,13H2,1H3,(H2,14,15). The van der Waals surface area contributed by atoms with Gasteiger partial charge in [0.25, 0.3) is 0 Å². The molecular formula is C11H15ClN2O3S. The number of hydrogen-bond donors (Lipinski definition) is 2. The summed E-state index contributed by atoms with van der Waals surface area (Å²) in [5.41, 5.74) is 11.1. The number of carbonyl (C=O) groups excluding carboxylic acids is 1. The first kappa shape index (κ1) is 14.9. The van der Waals surface area contributed by atoms with Gasteiger partial charge in [0.1, 0.15) is 0 Å². The Morgan fingerprint density at radius 3 is 2.50 bits per heavy atom. The van der Waals surface area contributed by atoms with Gasteiger partial charge in [-0.2, -0.15) is 0 Å². The molecule has 0 aliphatic carbocycles. The predicted octanol–water partition coefficient (Wildman–Crippen LogP) is 0.701. The fourth-order valence-electron chi connectivity index (χ4n) is 1.32. The lowest BCUT2D eigenvalue weighted by Crippen LogP contribution is -2.27. The quantitative estimate of drug-likeness (QED) is 0.833. The molecule has 0 heterocycles. The van der Waals surface area contributed by atoms with Crippen LogP contribution in [0.5, 0.6) is 0 Å². The molecule has 4 N–H and O–H groups in total. The van der Waals surface area contributed by atoms with Crippen molar-refractivity contribution in [2.75, 3.05) is 6.54 Å². The molecule has 0 saturated heterocycles. The molecule has 1 amide bonds. The van der Waals surface area contributed by atoms with E-state index in [2.05, 4.69) is 0 Å². The van der Waals surface area contributed by atoms with Crippen LogP contribution in [-0.4, -0.2) is 26.1 Å². The average molecular weight is 291 g/mol. The van der Waals surface area contributed by atoms with E-state index in [0.717, 1.165) is 0 Å². The van der Waals surface area contributed by atoms with Crippen molar-refractivity contribution >= 4 is 27.3 Å². The normalized spacial score (nSPS) is 13.3. The summed E-state index contributed by atoms with van der Waals surface area (Å²) in [5, 5.41) is -0.427. The highest BCUT2D eigenvalue weighted by Gasteiger charge is 2.21. The molecule has 0 aliphatic heterocycles. The summed E-state index contributed by atoms with van der Waals surface area (Å²) in [4.78, 5) is 10.9. The Hall–Kier alpha value is -1.11. The molecule has 100 valence electrons. The van der Waals surface area contributed by atoms with E-state index in [0.29, 0.717) is 5.56 Å². The molecule has 0 aromatic heterocycles. The molecule has 1 rings (SSSR count). The van der Waals surface area contributed by atoms with E-state index in [4.69, 9.17) is 23.1 Å². The Morgan fingerprint density at radius 2 is 2.06 bits per heavy atom. The van der Waals surface area contributed by atoms with Gasteiger partial charge in [-0.05, 0) is 24.6 Å². The summed E-state index contributed by atoms with van der Waals surface area (Å²) in [5.74, 6) is -0.815. The van der Waals surface area contributed by atoms with Crippen molar-refractivity contribution < 1.29 is 13.2 Å². The molecule has 0 radical (unpaired) electrons. The largest absolute Gasteiger partial charge is 0.366 e. The lowest BCUT2D eigenvalue weighted by molar-refractivity contribution is 0.100. The SMILES string of the molecule is CC(CN)S(=O)(=O)Cc1ccc(C(N)=O)cc1Cl. The average Bonchev–Trinajstić information content (AvgIpc) is 2.30. The number of sulfone groups is 1. The van der Waals surface area contributed by atoms with Gasteiger partial charge in [-0.25, -0.2) is 8.42 Å². The van der Waals surface area contributed by atoms with E-state index in [-0.39, 0.29) is 22.9 Å². The van der Waals surface area contributed by atoms with Gasteiger partial charge in [0, 0.05) is 17.1 Å². The fraction of sp³-hybridized carbons (Fsp3) is 0.364. The van der Waals surface area contributed by atoms with Crippen molar-refractivity contribution in [1.29, 1.82) is 0 Å². The molecule has 7 heteroatoms. The maximum absolute atomic E-state index is 11.9. The molecule has 1 unspecified atom stereocenters. The summed E-state index contributed by atoms with van der Waals surface area (Å²) in [6.07, 6.45) is 0. The van der Waals surface area contributed by atoms with Crippen molar-refractivity contribution in [3.05, 3.63) is 34.3 Å². The molecule has 18 heavy (non-hydrogen) atoms. The first-order valence-electron chi connectivity index (χ1n) is 5.27. The third-order valence-electron chi connectivity index (χ3n) is 2.64. The zero-order valence-electron chi connectivity index (χ0n) is 9.89. The second-order valence-electron chi connectivity index (χ2n) is 4.02. The highest BCUT2D eigenvalue weighted by molar-refractivity contribution is 7.91. The van der Waals surface area contributed by atoms with Crippen molar-refractivity contribution in [3.8, 4) is 0 Å². The van der Waals surface area contributed by atoms with Crippen LogP contribution in [0.4, 0.5) is 0 Å². The van der Waals surface area contributed by atoms with Crippen LogP contribution >= 0.6 is 11.6 Å². The van der Waals surface area contributed by atoms with Crippen LogP contribution in [0.15, 0.2) is 18.2 Å². The Labute approximate surface area is 111 Å². The molecule has 1 atom stereocenters. The van der Waals surface area contributed by atoms with E-state index in [1.54, 1.807) is 6.92 Å². The van der Waals surface area contributed by atoms with Crippen LogP contribution in [0.2, 0.25) is 5.02 Å². The predicted molar refractivity (Wildman–Crippen MR) is 71.1 cm³/mol. The number of rotatable bonds is 5. The number of hydrogen-bond acceptors (Lipinski definition) is 4. The van der Waals surface area contributed by atoms with Gasteiger partial charge in [0.2, 0.25) is 5.91 Å². The van der Waals surface area contributed by atoms with E-state index in [1.165, 1.54) is 18.2 Å². The number of primary amides is 1. The minimum atomic E-state index is -3.34. The van der Waals surface area contributed by atoms with Crippen molar-refractivity contribution in [2.24, 2.45) is 11.5 Å². The van der Waals surface area contributed by atoms with Crippen molar-refractivity contribution in [3.63, 3.8) is 0 Å². The molecule has 0 spiro atoms. The molecule has 0 saturated carbocycles. The molecule has 0 aliphatic rings. The smallest absolute Gasteiger partial charge is 0.248 e. The van der Waals surface area contributed by atoms with Crippen LogP contribution in [0.3, 0.4) is 0 Å². The van der Waals surface area contributed by atoms with E-state index in [9.17, 15) is 13.2 Å². The van der Waals surface area contributed by atoms with E-state index in [1.807, 2.05) is 0 Å². The minimum Gasteiger partial charge on any atom is -0.366 e. The molecule has 0 bridgehead atoms. The molecule has 1 aromatic rings. The van der Waals surface area contributed by atoms with Crippen LogP contribution in [0.25, 0.3) is 0 Å². The number of amides is 1. The summed E-state index contributed by atoms with van der Waals surface area (Å²) in [6, 6.07) is 4.30. The third-order valence-corrected chi connectivity index (χ3v) is 5.12. The Morgan fingerprint density at radius 1 is 1.44 bits per heavy atom. The minimum absolute atomic E-state index is 0.0549. The van der Waals surface area contributed by atoms with Crippen LogP contribution in [0.1, 0.15) is 22.8 Å². The Balaban J connectivity index is 3.03. The molecule has 5 nitrogen and oxygen atoms in total. The lowest BCUT2D eigenvalue weighted by Gasteiger charge is -2.11. The summed E-state index contributed by atoms with van der Waals surface area (Å²) in [6.45, 7) is 1.60. The van der Waals surface area contributed by atoms with Gasteiger partial charge < -0.3 is 11.5 Å². The summed E-state index contributed by atoms with van der Waals surface area (Å²) < 4.78 is 23.7. The number of halogens is 1. The number of nitrogens with two attached hydrogens (primary N) is 2. The fourth-order valence-corrected chi connectivity index (χ4v) is 2.91. The van der Waals surface area contributed by atoms with Crippen LogP contribution in [0, 0.1) is 0 Å². The van der Waals surface area contributed by atoms with Crippen LogP contribution in [-0.2, 0) is 15.6 Å². The summed E-state index contributed by atoms with van der Waals surface area (Å²) >= 11 is 5.92. The third kappa shape index (κ3) is 3.44. The highest BCUT2D eigenvalue weighted by Crippen LogP contribution is 2.21. The summed E-state index contributed by atoms with van der Waals surface area (Å²) in [7, 11) is -3.34. The zero-order valence-corrected chi connectivity index (χ0v) is 11.5. The van der Waals surface area contributed by atoms with Crippen molar-refractivity contribution in [2.45, 2.75) is 17.9 Å². The van der Waals surface area contributed by atoms with E-state index < -0.39 is 21.0 Å². The molecule has 1 aromatic carbocycles. The zero-order chi connectivity index (χ0) is 13.9. The van der Waals surface area contributed by atoms with Gasteiger partial charge in [-0.3, -0.25) is 4.79 Å². The Kier molecular flexibility index (Phi) is 4.72. The topological polar surface area (TPSA) is 103 Å². The Bertz CT molecular complexity index is 557. The second-order valence-corrected chi connectivity index (χ2v) is 6.85. The van der Waals surface area contributed by atoms with E-state index >= 15 is 0 Å². The second kappa shape index (κ2) is 5.69. The van der Waals surface area contributed by atoms with Crippen molar-refractivity contribution in [1.82, 2.24) is 0 Å². The maximum Gasteiger partial charge on any atom is 0.248 e. The van der Waals surface area contributed by atoms with Gasteiger partial charge in [0.15, 0.2) is 9.84 Å². The molecule has 0 fully saturated rings. The van der Waals surface area contributed by atoms with Gasteiger partial charge in [-0.15, -0.1) is 0 Å². The van der Waals surface area contributed by atoms with Gasteiger partial charge in [0.05, 0.1) is 11.0 Å². The maximum atomic E-state index is 11.9. The molecular weight excluding hydrogens is 276 g/mol.